The third-order valence-electron chi connectivity index (χ3n) is 4.19. The van der Waals surface area contributed by atoms with Crippen molar-refractivity contribution in [3.05, 3.63) is 95.8 Å². The average molecular weight is 415 g/mol. The maximum absolute atomic E-state index is 13.0. The van der Waals surface area contributed by atoms with E-state index in [9.17, 15) is 18.3 Å². The lowest BCUT2D eigenvalue weighted by Crippen LogP contribution is -2.38. The smallest absolute Gasteiger partial charge is 0.416 e. The van der Waals surface area contributed by atoms with Gasteiger partial charge in [-0.05, 0) is 25.1 Å². The van der Waals surface area contributed by atoms with Crippen molar-refractivity contribution in [3.8, 4) is 0 Å². The van der Waals surface area contributed by atoms with E-state index < -0.39 is 11.7 Å². The number of aliphatic hydroxyl groups excluding tert-OH is 1. The van der Waals surface area contributed by atoms with Crippen molar-refractivity contribution in [2.75, 3.05) is 5.32 Å². The fourth-order valence-corrected chi connectivity index (χ4v) is 3.03. The Morgan fingerprint density at radius 2 is 1.62 bits per heavy atom. The van der Waals surface area contributed by atoms with Crippen LogP contribution in [0.4, 0.5) is 18.9 Å². The fourth-order valence-electron chi connectivity index (χ4n) is 2.71. The van der Waals surface area contributed by atoms with Crippen LogP contribution >= 0.6 is 12.2 Å². The Hall–Kier alpha value is -3.19. The predicted molar refractivity (Wildman–Crippen MR) is 111 cm³/mol. The van der Waals surface area contributed by atoms with Gasteiger partial charge in [-0.1, -0.05) is 54.2 Å². The first-order chi connectivity index (χ1) is 13.8. The van der Waals surface area contributed by atoms with Gasteiger partial charge >= 0.3 is 6.18 Å². The van der Waals surface area contributed by atoms with Gasteiger partial charge in [0.25, 0.3) is 5.70 Å². The minimum atomic E-state index is -4.46. The second-order valence-electron chi connectivity index (χ2n) is 6.38. The number of aromatic nitrogens is 1. The molecular weight excluding hydrogens is 397 g/mol. The first kappa shape index (κ1) is 20.5. The van der Waals surface area contributed by atoms with Crippen LogP contribution in [0.1, 0.15) is 16.7 Å². The topological polar surface area (TPSA) is 36.1 Å². The number of rotatable bonds is 4. The van der Waals surface area contributed by atoms with Gasteiger partial charge in [0.2, 0.25) is 0 Å². The van der Waals surface area contributed by atoms with E-state index in [1.165, 1.54) is 12.1 Å². The molecule has 0 bridgehead atoms. The quantitative estimate of drug-likeness (QED) is 0.251. The molecule has 0 aliphatic heterocycles. The molecule has 3 aromatic rings. The van der Waals surface area contributed by atoms with Crippen LogP contribution in [0.5, 0.6) is 0 Å². The van der Waals surface area contributed by atoms with Gasteiger partial charge in [-0.2, -0.15) is 17.7 Å². The Kier molecular flexibility index (Phi) is 5.98. The highest BCUT2D eigenvalue weighted by molar-refractivity contribution is 7.81. The standard InChI is InChI=1S/C22H17F3N2OS/c1-15-8-10-16(11-9-15)20(28)19(27-12-3-2-4-13-27)21(29)26-18-7-5-6-17(14-18)22(23,24)25/h2-14H,1H3,(H-,26,28,29)/p+1. The van der Waals surface area contributed by atoms with Gasteiger partial charge in [0, 0.05) is 23.4 Å². The number of thiocarbonyl (C=S) groups is 1. The van der Waals surface area contributed by atoms with Crippen LogP contribution in [0.25, 0.3) is 11.5 Å². The van der Waals surface area contributed by atoms with Crippen LogP contribution in [-0.4, -0.2) is 10.1 Å². The normalized spacial score (nSPS) is 12.3. The minimum Gasteiger partial charge on any atom is -0.502 e. The summed E-state index contributed by atoms with van der Waals surface area (Å²) >= 11 is 5.45. The van der Waals surface area contributed by atoms with E-state index >= 15 is 0 Å². The second kappa shape index (κ2) is 8.45. The summed E-state index contributed by atoms with van der Waals surface area (Å²) in [4.78, 5) is 0.0820. The molecule has 3 nitrogen and oxygen atoms in total. The molecule has 29 heavy (non-hydrogen) atoms. The van der Waals surface area contributed by atoms with Crippen molar-refractivity contribution in [1.82, 2.24) is 0 Å². The van der Waals surface area contributed by atoms with Crippen molar-refractivity contribution >= 4 is 34.3 Å². The zero-order chi connectivity index (χ0) is 21.0. The fraction of sp³-hybridized carbons (Fsp3) is 0.0909. The van der Waals surface area contributed by atoms with E-state index in [2.05, 4.69) is 5.32 Å². The number of benzene rings is 2. The Balaban J connectivity index is 2.02. The number of halogens is 3. The summed E-state index contributed by atoms with van der Waals surface area (Å²) in [7, 11) is 0. The van der Waals surface area contributed by atoms with Crippen LogP contribution < -0.4 is 9.88 Å². The van der Waals surface area contributed by atoms with Gasteiger partial charge in [-0.15, -0.1) is 0 Å². The molecule has 148 valence electrons. The summed E-state index contributed by atoms with van der Waals surface area (Å²) in [6, 6.07) is 17.3. The molecular formula is C22H18F3N2OS+. The lowest BCUT2D eigenvalue weighted by Gasteiger charge is -2.12. The van der Waals surface area contributed by atoms with Crippen molar-refractivity contribution in [3.63, 3.8) is 0 Å². The Labute approximate surface area is 171 Å². The van der Waals surface area contributed by atoms with Crippen molar-refractivity contribution in [2.24, 2.45) is 0 Å². The van der Waals surface area contributed by atoms with Gasteiger partial charge in [0.05, 0.1) is 5.56 Å². The Morgan fingerprint density at radius 3 is 2.24 bits per heavy atom. The van der Waals surface area contributed by atoms with E-state index in [0.29, 0.717) is 5.56 Å². The molecule has 0 aliphatic rings. The molecule has 0 aliphatic carbocycles. The number of nitrogens with zero attached hydrogens (tertiary/aromatic N) is 1. The summed E-state index contributed by atoms with van der Waals surface area (Å²) in [6.45, 7) is 1.93. The molecule has 0 unspecified atom stereocenters. The monoisotopic (exact) mass is 415 g/mol. The van der Waals surface area contributed by atoms with Gasteiger partial charge < -0.3 is 10.4 Å². The molecule has 0 radical (unpaired) electrons. The number of aliphatic hydroxyl groups is 1. The maximum atomic E-state index is 13.0. The summed E-state index contributed by atoms with van der Waals surface area (Å²) in [5.41, 5.74) is 1.21. The largest absolute Gasteiger partial charge is 0.502 e. The third kappa shape index (κ3) is 5.00. The molecule has 0 fully saturated rings. The molecule has 0 saturated heterocycles. The summed E-state index contributed by atoms with van der Waals surface area (Å²) in [5, 5.41) is 13.7. The molecule has 3 rings (SSSR count). The molecule has 0 saturated carbocycles. The highest BCUT2D eigenvalue weighted by atomic mass is 32.1. The highest BCUT2D eigenvalue weighted by Gasteiger charge is 2.31. The maximum Gasteiger partial charge on any atom is 0.416 e. The SMILES string of the molecule is Cc1ccc(/C(O)=C(\C(=S)Nc2cccc(C(F)(F)F)c2)[n+]2ccccc2)cc1. The zero-order valence-corrected chi connectivity index (χ0v) is 16.3. The minimum absolute atomic E-state index is 0.0820. The molecule has 7 heteroatoms. The average Bonchev–Trinajstić information content (AvgIpc) is 2.69. The van der Waals surface area contributed by atoms with Gasteiger partial charge in [0.1, 0.15) is 0 Å². The molecule has 1 aromatic heterocycles. The molecule has 2 N–H and O–H groups in total. The van der Waals surface area contributed by atoms with Gasteiger partial charge in [-0.25, -0.2) is 0 Å². The van der Waals surface area contributed by atoms with Crippen LogP contribution in [-0.2, 0) is 6.18 Å². The Bertz CT molecular complexity index is 1050. The molecule has 2 aromatic carbocycles. The van der Waals surface area contributed by atoms with Crippen LogP contribution in [0.15, 0.2) is 79.1 Å². The first-order valence-corrected chi connectivity index (χ1v) is 9.12. The number of aryl methyl sites for hydroxylation is 1. The van der Waals surface area contributed by atoms with Crippen LogP contribution in [0.3, 0.4) is 0 Å². The Morgan fingerprint density at radius 1 is 0.966 bits per heavy atom. The van der Waals surface area contributed by atoms with Crippen molar-refractivity contribution in [2.45, 2.75) is 13.1 Å². The van der Waals surface area contributed by atoms with Gasteiger partial charge in [-0.3, -0.25) is 0 Å². The number of anilines is 1. The number of alkyl halides is 3. The van der Waals surface area contributed by atoms with E-state index in [1.807, 2.05) is 19.1 Å². The molecule has 0 amide bonds. The summed E-state index contributed by atoms with van der Waals surface area (Å²) < 4.78 is 40.6. The van der Waals surface area contributed by atoms with Crippen LogP contribution in [0.2, 0.25) is 0 Å². The molecule has 0 atom stereocenters. The second-order valence-corrected chi connectivity index (χ2v) is 6.79. The van der Waals surface area contributed by atoms with Crippen LogP contribution in [0, 0.1) is 6.92 Å². The van der Waals surface area contributed by atoms with E-state index in [4.69, 9.17) is 12.2 Å². The van der Waals surface area contributed by atoms with Crippen molar-refractivity contribution in [1.29, 1.82) is 0 Å². The van der Waals surface area contributed by atoms with Crippen molar-refractivity contribution < 1.29 is 22.8 Å². The third-order valence-corrected chi connectivity index (χ3v) is 4.48. The van der Waals surface area contributed by atoms with Gasteiger partial charge in [0.15, 0.2) is 23.1 Å². The molecule has 1 heterocycles. The number of hydrogen-bond donors (Lipinski definition) is 2. The number of pyridine rings is 1. The number of nitrogens with one attached hydrogen (secondary N) is 1. The highest BCUT2D eigenvalue weighted by Crippen LogP contribution is 2.31. The first-order valence-electron chi connectivity index (χ1n) is 8.71. The van der Waals surface area contributed by atoms with E-state index in [0.717, 1.165) is 17.7 Å². The predicted octanol–water partition coefficient (Wildman–Crippen LogP) is 5.62. The lowest BCUT2D eigenvalue weighted by molar-refractivity contribution is -0.575. The van der Waals surface area contributed by atoms with E-state index in [1.54, 1.807) is 47.3 Å². The molecule has 0 spiro atoms. The summed E-state index contributed by atoms with van der Waals surface area (Å²) in [5.74, 6) is -0.0920. The zero-order valence-electron chi connectivity index (χ0n) is 15.4. The van der Waals surface area contributed by atoms with E-state index in [-0.39, 0.29) is 22.1 Å². The lowest BCUT2D eigenvalue weighted by atomic mass is 10.1. The number of hydrogen-bond acceptors (Lipinski definition) is 2. The summed E-state index contributed by atoms with van der Waals surface area (Å²) in [6.07, 6.45) is -1.07.